The maximum absolute atomic E-state index is 12.3. The zero-order valence-electron chi connectivity index (χ0n) is 14.9. The van der Waals surface area contributed by atoms with Crippen LogP contribution in [0.25, 0.3) is 11.5 Å². The second-order valence-corrected chi connectivity index (χ2v) is 7.28. The van der Waals surface area contributed by atoms with E-state index in [1.165, 1.54) is 0 Å². The highest BCUT2D eigenvalue weighted by molar-refractivity contribution is 6.33. The molecule has 2 heterocycles. The molecule has 0 bridgehead atoms. The van der Waals surface area contributed by atoms with Crippen molar-refractivity contribution >= 4 is 23.6 Å². The fourth-order valence-electron chi connectivity index (χ4n) is 3.12. The van der Waals surface area contributed by atoms with Gasteiger partial charge in [-0.3, -0.25) is 4.79 Å². The van der Waals surface area contributed by atoms with Gasteiger partial charge in [0.25, 0.3) is 0 Å². The van der Waals surface area contributed by atoms with Crippen LogP contribution in [0.4, 0.5) is 4.79 Å². The van der Waals surface area contributed by atoms with Crippen LogP contribution in [0, 0.1) is 6.92 Å². The Labute approximate surface area is 161 Å². The number of nitrogens with one attached hydrogen (secondary N) is 1. The Balaban J connectivity index is 1.33. The molecule has 1 aliphatic carbocycles. The summed E-state index contributed by atoms with van der Waals surface area (Å²) in [4.78, 5) is 30.2. The van der Waals surface area contributed by atoms with Gasteiger partial charge >= 0.3 is 6.09 Å². The highest BCUT2D eigenvalue weighted by atomic mass is 35.5. The van der Waals surface area contributed by atoms with Crippen LogP contribution in [-0.4, -0.2) is 47.1 Å². The van der Waals surface area contributed by atoms with Gasteiger partial charge in [0.05, 0.1) is 35.8 Å². The summed E-state index contributed by atoms with van der Waals surface area (Å²) in [6.45, 7) is 2.59. The summed E-state index contributed by atoms with van der Waals surface area (Å²) in [7, 11) is 0. The molecular formula is C19H20ClN3O4. The zero-order chi connectivity index (χ0) is 19.0. The Morgan fingerprint density at radius 3 is 2.89 bits per heavy atom. The Bertz CT molecular complexity index is 878. The number of rotatable bonds is 6. The van der Waals surface area contributed by atoms with Crippen LogP contribution in [0.5, 0.6) is 0 Å². The molecule has 1 aromatic carbocycles. The van der Waals surface area contributed by atoms with Gasteiger partial charge in [-0.25, -0.2) is 9.78 Å². The number of cyclic esters (lactones) is 1. The van der Waals surface area contributed by atoms with Gasteiger partial charge in [-0.1, -0.05) is 23.7 Å². The molecule has 142 valence electrons. The summed E-state index contributed by atoms with van der Waals surface area (Å²) in [5, 5.41) is 3.35. The molecule has 1 atom stereocenters. The van der Waals surface area contributed by atoms with Gasteiger partial charge in [0.1, 0.15) is 11.9 Å². The average molecular weight is 390 g/mol. The summed E-state index contributed by atoms with van der Waals surface area (Å²) in [6.07, 6.45) is 1.57. The number of aromatic nitrogens is 1. The molecule has 1 aromatic heterocycles. The summed E-state index contributed by atoms with van der Waals surface area (Å²) >= 11 is 6.17. The lowest BCUT2D eigenvalue weighted by molar-refractivity contribution is -0.120. The third-order valence-corrected chi connectivity index (χ3v) is 5.07. The molecule has 1 unspecified atom stereocenters. The van der Waals surface area contributed by atoms with Crippen LogP contribution >= 0.6 is 11.6 Å². The quantitative estimate of drug-likeness (QED) is 0.821. The van der Waals surface area contributed by atoms with E-state index in [4.69, 9.17) is 20.8 Å². The molecule has 1 N–H and O–H groups in total. The number of benzene rings is 1. The Kier molecular flexibility index (Phi) is 4.78. The molecule has 7 nitrogen and oxygen atoms in total. The number of halogens is 1. The van der Waals surface area contributed by atoms with Gasteiger partial charge in [-0.2, -0.15) is 0 Å². The lowest BCUT2D eigenvalue weighted by atomic mass is 10.2. The van der Waals surface area contributed by atoms with Crippen LogP contribution in [0.15, 0.2) is 28.7 Å². The van der Waals surface area contributed by atoms with Crippen molar-refractivity contribution in [2.75, 3.05) is 13.1 Å². The lowest BCUT2D eigenvalue weighted by Gasteiger charge is -2.11. The minimum Gasteiger partial charge on any atom is -0.442 e. The molecule has 2 amide bonds. The van der Waals surface area contributed by atoms with Crippen LogP contribution in [-0.2, 0) is 16.0 Å². The minimum absolute atomic E-state index is 0.0901. The molecule has 4 rings (SSSR count). The molecule has 0 radical (unpaired) electrons. The van der Waals surface area contributed by atoms with E-state index in [9.17, 15) is 9.59 Å². The average Bonchev–Trinajstić information content (AvgIpc) is 3.32. The molecule has 1 saturated carbocycles. The largest absolute Gasteiger partial charge is 0.442 e. The number of carbonyl (C=O) groups is 2. The molecule has 8 heteroatoms. The SMILES string of the molecule is Cc1oc(-c2ccccc2Cl)nc1CC(=O)NCC1CN(C2CC2)C(=O)O1. The van der Waals surface area contributed by atoms with Gasteiger partial charge in [-0.15, -0.1) is 0 Å². The molecular weight excluding hydrogens is 370 g/mol. The van der Waals surface area contributed by atoms with Gasteiger partial charge < -0.3 is 19.4 Å². The molecule has 2 aliphatic rings. The molecule has 1 aliphatic heterocycles. The highest BCUT2D eigenvalue weighted by Gasteiger charge is 2.40. The second-order valence-electron chi connectivity index (χ2n) is 6.87. The molecule has 0 spiro atoms. The summed E-state index contributed by atoms with van der Waals surface area (Å²) in [6, 6.07) is 7.57. The van der Waals surface area contributed by atoms with E-state index in [0.29, 0.717) is 47.1 Å². The number of amides is 2. The van der Waals surface area contributed by atoms with Crippen molar-refractivity contribution in [3.63, 3.8) is 0 Å². The monoisotopic (exact) mass is 389 g/mol. The van der Waals surface area contributed by atoms with Crippen LogP contribution in [0.2, 0.25) is 5.02 Å². The topological polar surface area (TPSA) is 84.7 Å². The number of aryl methyl sites for hydroxylation is 1. The van der Waals surface area contributed by atoms with Gasteiger partial charge in [0.2, 0.25) is 11.8 Å². The number of hydrogen-bond acceptors (Lipinski definition) is 5. The van der Waals surface area contributed by atoms with Crippen molar-refractivity contribution < 1.29 is 18.7 Å². The first-order valence-corrected chi connectivity index (χ1v) is 9.34. The van der Waals surface area contributed by atoms with Crippen molar-refractivity contribution in [2.45, 2.75) is 38.3 Å². The first kappa shape index (κ1) is 17.9. The number of nitrogens with zero attached hydrogens (tertiary/aromatic N) is 2. The number of oxazole rings is 1. The Hall–Kier alpha value is -2.54. The van der Waals surface area contributed by atoms with E-state index < -0.39 is 0 Å². The maximum Gasteiger partial charge on any atom is 0.410 e. The van der Waals surface area contributed by atoms with Crippen LogP contribution in [0.1, 0.15) is 24.3 Å². The minimum atomic E-state index is -0.306. The van der Waals surface area contributed by atoms with Gasteiger partial charge in [0.15, 0.2) is 0 Å². The van der Waals surface area contributed by atoms with E-state index in [-0.39, 0.29) is 24.5 Å². The standard InChI is InChI=1S/C19H20ClN3O4/c1-11-16(22-18(26-11)14-4-2-3-5-15(14)20)8-17(24)21-9-13-10-23(12-6-7-12)19(25)27-13/h2-5,12-13H,6-10H2,1H3,(H,21,24). The fraction of sp³-hybridized carbons (Fsp3) is 0.421. The van der Waals surface area contributed by atoms with Crippen molar-refractivity contribution in [2.24, 2.45) is 0 Å². The Morgan fingerprint density at radius 1 is 1.37 bits per heavy atom. The number of hydrogen-bond donors (Lipinski definition) is 1. The van der Waals surface area contributed by atoms with E-state index in [0.717, 1.165) is 12.8 Å². The number of carbonyl (C=O) groups excluding carboxylic acids is 2. The van der Waals surface area contributed by atoms with E-state index in [2.05, 4.69) is 10.3 Å². The van der Waals surface area contributed by atoms with Crippen molar-refractivity contribution in [3.05, 3.63) is 40.7 Å². The third-order valence-electron chi connectivity index (χ3n) is 4.74. The predicted molar refractivity (Wildman–Crippen MR) is 98.4 cm³/mol. The lowest BCUT2D eigenvalue weighted by Crippen LogP contribution is -2.35. The number of ether oxygens (including phenoxy) is 1. The van der Waals surface area contributed by atoms with Crippen molar-refractivity contribution in [3.8, 4) is 11.5 Å². The summed E-state index contributed by atoms with van der Waals surface area (Å²) in [5.74, 6) is 0.774. The fourth-order valence-corrected chi connectivity index (χ4v) is 3.33. The molecule has 2 fully saturated rings. The van der Waals surface area contributed by atoms with Crippen LogP contribution < -0.4 is 5.32 Å². The van der Waals surface area contributed by atoms with Gasteiger partial charge in [-0.05, 0) is 31.9 Å². The summed E-state index contributed by atoms with van der Waals surface area (Å²) in [5.41, 5.74) is 1.25. The van der Waals surface area contributed by atoms with Crippen molar-refractivity contribution in [1.29, 1.82) is 0 Å². The first-order chi connectivity index (χ1) is 13.0. The highest BCUT2D eigenvalue weighted by Crippen LogP contribution is 2.30. The Morgan fingerprint density at radius 2 is 2.15 bits per heavy atom. The maximum atomic E-state index is 12.3. The molecule has 2 aromatic rings. The smallest absolute Gasteiger partial charge is 0.410 e. The van der Waals surface area contributed by atoms with E-state index >= 15 is 0 Å². The summed E-state index contributed by atoms with van der Waals surface area (Å²) < 4.78 is 11.0. The van der Waals surface area contributed by atoms with Gasteiger partial charge in [0, 0.05) is 6.04 Å². The third kappa shape index (κ3) is 3.93. The molecule has 27 heavy (non-hydrogen) atoms. The van der Waals surface area contributed by atoms with Crippen LogP contribution in [0.3, 0.4) is 0 Å². The molecule has 1 saturated heterocycles. The normalized spacial score (nSPS) is 19.3. The first-order valence-electron chi connectivity index (χ1n) is 8.96. The van der Waals surface area contributed by atoms with E-state index in [1.54, 1.807) is 17.9 Å². The van der Waals surface area contributed by atoms with E-state index in [1.807, 2.05) is 18.2 Å². The predicted octanol–water partition coefficient (Wildman–Crippen LogP) is 2.95. The zero-order valence-corrected chi connectivity index (χ0v) is 15.7. The van der Waals surface area contributed by atoms with Crippen molar-refractivity contribution in [1.82, 2.24) is 15.2 Å². The second kappa shape index (κ2) is 7.23.